The Labute approximate surface area is 130 Å². The minimum atomic E-state index is -0.406. The van der Waals surface area contributed by atoms with Crippen molar-refractivity contribution in [2.45, 2.75) is 13.0 Å². The molecule has 0 saturated heterocycles. The average Bonchev–Trinajstić information content (AvgIpc) is 2.48. The van der Waals surface area contributed by atoms with Gasteiger partial charge in [0.15, 0.2) is 0 Å². The predicted octanol–water partition coefficient (Wildman–Crippen LogP) is 1.23. The molecule has 8 heteroatoms. The molecule has 0 bridgehead atoms. The van der Waals surface area contributed by atoms with Gasteiger partial charge in [-0.25, -0.2) is 4.68 Å². The van der Waals surface area contributed by atoms with E-state index in [0.29, 0.717) is 16.5 Å². The Kier molecular flexibility index (Phi) is 5.00. The predicted molar refractivity (Wildman–Crippen MR) is 82.6 cm³/mol. The van der Waals surface area contributed by atoms with Crippen LogP contribution in [0.1, 0.15) is 6.42 Å². The Hall–Kier alpha value is -2.54. The van der Waals surface area contributed by atoms with Crippen LogP contribution in [0.3, 0.4) is 0 Å². The molecule has 116 valence electrons. The van der Waals surface area contributed by atoms with Gasteiger partial charge in [-0.15, -0.1) is 0 Å². The number of nitrogens with zero attached hydrogens (tertiary/aromatic N) is 1. The highest BCUT2D eigenvalue weighted by Crippen LogP contribution is 2.27. The van der Waals surface area contributed by atoms with Crippen molar-refractivity contribution < 1.29 is 9.53 Å². The van der Waals surface area contributed by atoms with E-state index in [2.05, 4.69) is 10.4 Å². The molecule has 0 spiro atoms. The lowest BCUT2D eigenvalue weighted by Crippen LogP contribution is -2.29. The molecule has 1 aromatic heterocycles. The first-order valence-corrected chi connectivity index (χ1v) is 6.81. The maximum Gasteiger partial charge on any atom is 0.265 e. The van der Waals surface area contributed by atoms with Crippen LogP contribution in [0.5, 0.6) is 5.75 Å². The number of carbonyl (C=O) groups excluding carboxylic acids is 1. The second kappa shape index (κ2) is 6.95. The first-order chi connectivity index (χ1) is 10.5. The van der Waals surface area contributed by atoms with Crippen molar-refractivity contribution in [1.29, 1.82) is 0 Å². The average molecular weight is 324 g/mol. The van der Waals surface area contributed by atoms with Crippen molar-refractivity contribution in [3.8, 4) is 5.75 Å². The van der Waals surface area contributed by atoms with Crippen molar-refractivity contribution in [3.63, 3.8) is 0 Å². The maximum absolute atomic E-state index is 11.9. The lowest BCUT2D eigenvalue weighted by atomic mass is 10.2. The van der Waals surface area contributed by atoms with Gasteiger partial charge in [0.2, 0.25) is 5.91 Å². The van der Waals surface area contributed by atoms with Gasteiger partial charge in [0, 0.05) is 23.6 Å². The van der Waals surface area contributed by atoms with Crippen LogP contribution in [0.25, 0.3) is 0 Å². The van der Waals surface area contributed by atoms with Gasteiger partial charge in [0.25, 0.3) is 11.1 Å². The van der Waals surface area contributed by atoms with Gasteiger partial charge >= 0.3 is 0 Å². The molecule has 22 heavy (non-hydrogen) atoms. The Bertz CT molecular complexity index is 797. The van der Waals surface area contributed by atoms with E-state index in [1.165, 1.54) is 7.11 Å². The number of carbonyl (C=O) groups is 1. The summed E-state index contributed by atoms with van der Waals surface area (Å²) in [4.78, 5) is 34.6. The first-order valence-electron chi connectivity index (χ1n) is 6.43. The van der Waals surface area contributed by atoms with E-state index in [1.807, 2.05) is 0 Å². The second-order valence-corrected chi connectivity index (χ2v) is 4.88. The van der Waals surface area contributed by atoms with Crippen molar-refractivity contribution >= 4 is 23.2 Å². The molecule has 0 aliphatic heterocycles. The van der Waals surface area contributed by atoms with Crippen LogP contribution in [-0.4, -0.2) is 22.8 Å². The number of H-pyrrole nitrogens is 1. The van der Waals surface area contributed by atoms with E-state index in [9.17, 15) is 14.4 Å². The molecule has 1 aromatic carbocycles. The normalized spacial score (nSPS) is 10.3. The zero-order chi connectivity index (χ0) is 16.1. The lowest BCUT2D eigenvalue weighted by Gasteiger charge is -2.11. The van der Waals surface area contributed by atoms with Gasteiger partial charge in [0.05, 0.1) is 19.3 Å². The molecule has 0 fully saturated rings. The summed E-state index contributed by atoms with van der Waals surface area (Å²) in [6.07, 6.45) is 0.00945. The third-order valence-electron chi connectivity index (χ3n) is 2.89. The molecule has 2 N–H and O–H groups in total. The minimum Gasteiger partial charge on any atom is -0.495 e. The van der Waals surface area contributed by atoms with Crippen LogP contribution in [0.15, 0.2) is 39.9 Å². The highest BCUT2D eigenvalue weighted by atomic mass is 35.5. The van der Waals surface area contributed by atoms with Crippen LogP contribution in [0.4, 0.5) is 5.69 Å². The Morgan fingerprint density at radius 1 is 1.32 bits per heavy atom. The van der Waals surface area contributed by atoms with Gasteiger partial charge in [-0.1, -0.05) is 11.6 Å². The van der Waals surface area contributed by atoms with Crippen molar-refractivity contribution in [2.75, 3.05) is 12.4 Å². The number of anilines is 1. The van der Waals surface area contributed by atoms with E-state index in [0.717, 1.165) is 16.8 Å². The van der Waals surface area contributed by atoms with E-state index in [4.69, 9.17) is 16.3 Å². The van der Waals surface area contributed by atoms with Gasteiger partial charge in [-0.05, 0) is 18.2 Å². The fourth-order valence-electron chi connectivity index (χ4n) is 1.83. The van der Waals surface area contributed by atoms with Crippen LogP contribution in [0, 0.1) is 0 Å². The number of methoxy groups -OCH3 is 1. The number of ether oxygens (including phenoxy) is 1. The Morgan fingerprint density at radius 2 is 2.09 bits per heavy atom. The molecule has 1 amide bonds. The monoisotopic (exact) mass is 323 g/mol. The summed E-state index contributed by atoms with van der Waals surface area (Å²) in [5, 5.41) is 5.46. The highest BCUT2D eigenvalue weighted by molar-refractivity contribution is 6.31. The number of halogens is 1. The molecule has 2 rings (SSSR count). The summed E-state index contributed by atoms with van der Waals surface area (Å²) in [7, 11) is 1.48. The van der Waals surface area contributed by atoms with Crippen molar-refractivity contribution in [2.24, 2.45) is 0 Å². The molecule has 0 saturated carbocycles. The number of aryl methyl sites for hydroxylation is 1. The zero-order valence-corrected chi connectivity index (χ0v) is 12.5. The fraction of sp³-hybridized carbons (Fsp3) is 0.214. The molecule has 0 radical (unpaired) electrons. The molecule has 2 aromatic rings. The van der Waals surface area contributed by atoms with E-state index < -0.39 is 5.56 Å². The number of amides is 1. The lowest BCUT2D eigenvalue weighted by molar-refractivity contribution is -0.116. The van der Waals surface area contributed by atoms with E-state index in [1.54, 1.807) is 18.2 Å². The summed E-state index contributed by atoms with van der Waals surface area (Å²) < 4.78 is 6.20. The third kappa shape index (κ3) is 3.98. The topological polar surface area (TPSA) is 93.2 Å². The molecule has 1 heterocycles. The highest BCUT2D eigenvalue weighted by Gasteiger charge is 2.09. The minimum absolute atomic E-state index is 0.00945. The van der Waals surface area contributed by atoms with E-state index in [-0.39, 0.29) is 24.4 Å². The Morgan fingerprint density at radius 3 is 2.82 bits per heavy atom. The zero-order valence-electron chi connectivity index (χ0n) is 11.8. The van der Waals surface area contributed by atoms with Crippen LogP contribution >= 0.6 is 11.6 Å². The number of aromatic amines is 1. The van der Waals surface area contributed by atoms with Gasteiger partial charge < -0.3 is 10.1 Å². The molecule has 7 nitrogen and oxygen atoms in total. The summed E-state index contributed by atoms with van der Waals surface area (Å²) >= 11 is 5.88. The molecule has 0 atom stereocenters. The van der Waals surface area contributed by atoms with Gasteiger partial charge in [0.1, 0.15) is 5.75 Å². The summed E-state index contributed by atoms with van der Waals surface area (Å²) in [6.45, 7) is 0.0592. The SMILES string of the molecule is COc1ccc(Cl)cc1NC(=O)CCn1[nH]c(=O)ccc1=O. The fourth-order valence-corrected chi connectivity index (χ4v) is 2.00. The molecule has 0 unspecified atom stereocenters. The van der Waals surface area contributed by atoms with Crippen molar-refractivity contribution in [1.82, 2.24) is 9.78 Å². The van der Waals surface area contributed by atoms with Gasteiger partial charge in [-0.3, -0.25) is 19.5 Å². The standard InChI is InChI=1S/C14H14ClN3O4/c1-22-11-3-2-9(15)8-10(11)16-12(19)6-7-18-14(21)5-4-13(20)17-18/h2-5,8H,6-7H2,1H3,(H,16,19)(H,17,20). The quantitative estimate of drug-likeness (QED) is 0.865. The Balaban J connectivity index is 2.05. The number of benzene rings is 1. The van der Waals surface area contributed by atoms with Gasteiger partial charge in [-0.2, -0.15) is 0 Å². The molecule has 0 aliphatic rings. The molecular weight excluding hydrogens is 310 g/mol. The number of hydrogen-bond donors (Lipinski definition) is 2. The number of rotatable bonds is 5. The first kappa shape index (κ1) is 15.8. The summed E-state index contributed by atoms with van der Waals surface area (Å²) in [5.41, 5.74) is -0.349. The van der Waals surface area contributed by atoms with Crippen LogP contribution in [-0.2, 0) is 11.3 Å². The second-order valence-electron chi connectivity index (χ2n) is 4.44. The third-order valence-corrected chi connectivity index (χ3v) is 3.12. The van der Waals surface area contributed by atoms with Crippen LogP contribution in [0.2, 0.25) is 5.02 Å². The number of aromatic nitrogens is 2. The largest absolute Gasteiger partial charge is 0.495 e. The van der Waals surface area contributed by atoms with E-state index >= 15 is 0 Å². The maximum atomic E-state index is 11.9. The number of nitrogens with one attached hydrogen (secondary N) is 2. The van der Waals surface area contributed by atoms with Crippen molar-refractivity contribution in [3.05, 3.63) is 56.1 Å². The molecule has 0 aliphatic carbocycles. The smallest absolute Gasteiger partial charge is 0.265 e. The summed E-state index contributed by atoms with van der Waals surface area (Å²) in [6, 6.07) is 7.13. The number of hydrogen-bond acceptors (Lipinski definition) is 4. The summed E-state index contributed by atoms with van der Waals surface area (Å²) in [5.74, 6) is 0.139. The molecular formula is C14H14ClN3O4. The van der Waals surface area contributed by atoms with Crippen LogP contribution < -0.4 is 21.2 Å².